The van der Waals surface area contributed by atoms with Gasteiger partial charge in [-0.1, -0.05) is 45.8 Å². The first kappa shape index (κ1) is 10.2. The predicted octanol–water partition coefficient (Wildman–Crippen LogP) is 4.10. The third-order valence-electron chi connectivity index (χ3n) is 3.12. The van der Waals surface area contributed by atoms with Gasteiger partial charge in [-0.05, 0) is 44.1 Å². The Kier molecular flexibility index (Phi) is 3.27. The molecule has 1 saturated carbocycles. The lowest BCUT2D eigenvalue weighted by atomic mass is 9.97. The van der Waals surface area contributed by atoms with Gasteiger partial charge in [0.05, 0.1) is 0 Å². The molecular weight excluding hydrogens is 236 g/mol. The van der Waals surface area contributed by atoms with Crippen LogP contribution in [0.15, 0.2) is 24.3 Å². The van der Waals surface area contributed by atoms with Gasteiger partial charge in [0.25, 0.3) is 0 Å². The first-order chi connectivity index (χ1) is 6.74. The zero-order chi connectivity index (χ0) is 9.97. The van der Waals surface area contributed by atoms with E-state index in [9.17, 15) is 0 Å². The molecule has 76 valence electrons. The fourth-order valence-electron chi connectivity index (χ4n) is 2.26. The number of hydrogen-bond acceptors (Lipinski definition) is 0. The quantitative estimate of drug-likeness (QED) is 0.696. The van der Waals surface area contributed by atoms with Crippen molar-refractivity contribution in [3.8, 4) is 0 Å². The largest absolute Gasteiger partial charge is 0.0891 e. The minimum absolute atomic E-state index is 0.776. The zero-order valence-corrected chi connectivity index (χ0v) is 10.3. The molecular formula is C13H17Br. The van der Waals surface area contributed by atoms with Gasteiger partial charge >= 0.3 is 0 Å². The Hall–Kier alpha value is -0.300. The molecule has 0 aromatic heterocycles. The van der Waals surface area contributed by atoms with Gasteiger partial charge < -0.3 is 0 Å². The Morgan fingerprint density at radius 3 is 2.50 bits per heavy atom. The summed E-state index contributed by atoms with van der Waals surface area (Å²) in [6.07, 6.45) is 5.37. The van der Waals surface area contributed by atoms with E-state index in [2.05, 4.69) is 47.1 Å². The molecule has 1 aromatic carbocycles. The highest BCUT2D eigenvalue weighted by Crippen LogP contribution is 2.32. The lowest BCUT2D eigenvalue weighted by Crippen LogP contribution is -2.00. The Morgan fingerprint density at radius 2 is 1.93 bits per heavy atom. The lowest BCUT2D eigenvalue weighted by molar-refractivity contribution is 0.548. The second-order valence-corrected chi connectivity index (χ2v) is 5.76. The standard InChI is InChI=1S/C13H17Br/c1-10-2-4-11(5-3-10)8-12-6-7-13(14)9-12/h2-5,12-13H,6-9H2,1H3. The maximum atomic E-state index is 3.70. The van der Waals surface area contributed by atoms with Gasteiger partial charge in [0, 0.05) is 4.83 Å². The maximum Gasteiger partial charge on any atom is 0.0148 e. The van der Waals surface area contributed by atoms with Crippen LogP contribution in [0.4, 0.5) is 0 Å². The highest BCUT2D eigenvalue weighted by molar-refractivity contribution is 9.09. The molecule has 1 aromatic rings. The highest BCUT2D eigenvalue weighted by atomic mass is 79.9. The molecule has 2 unspecified atom stereocenters. The summed E-state index contributed by atoms with van der Waals surface area (Å²) in [4.78, 5) is 0.776. The van der Waals surface area contributed by atoms with Crippen LogP contribution in [-0.4, -0.2) is 4.83 Å². The van der Waals surface area contributed by atoms with Crippen molar-refractivity contribution in [2.75, 3.05) is 0 Å². The van der Waals surface area contributed by atoms with E-state index in [1.807, 2.05) is 0 Å². The molecule has 14 heavy (non-hydrogen) atoms. The smallest absolute Gasteiger partial charge is 0.0148 e. The molecule has 0 aliphatic heterocycles. The molecule has 0 amide bonds. The van der Waals surface area contributed by atoms with E-state index in [0.717, 1.165) is 10.7 Å². The first-order valence-corrected chi connectivity index (χ1v) is 6.35. The number of rotatable bonds is 2. The van der Waals surface area contributed by atoms with Crippen molar-refractivity contribution in [2.24, 2.45) is 5.92 Å². The molecule has 1 aliphatic carbocycles. The molecule has 1 aliphatic rings. The minimum atomic E-state index is 0.776. The van der Waals surface area contributed by atoms with Gasteiger partial charge in [-0.2, -0.15) is 0 Å². The molecule has 0 heterocycles. The van der Waals surface area contributed by atoms with Crippen molar-refractivity contribution < 1.29 is 0 Å². The van der Waals surface area contributed by atoms with E-state index in [-0.39, 0.29) is 0 Å². The summed E-state index contributed by atoms with van der Waals surface area (Å²) in [6, 6.07) is 8.99. The Balaban J connectivity index is 1.94. The van der Waals surface area contributed by atoms with Crippen molar-refractivity contribution in [2.45, 2.75) is 37.4 Å². The Bertz CT molecular complexity index is 289. The van der Waals surface area contributed by atoms with E-state index in [1.165, 1.54) is 36.8 Å². The van der Waals surface area contributed by atoms with Gasteiger partial charge in [0.1, 0.15) is 0 Å². The van der Waals surface area contributed by atoms with Gasteiger partial charge in [0.2, 0.25) is 0 Å². The van der Waals surface area contributed by atoms with Crippen molar-refractivity contribution in [1.29, 1.82) is 0 Å². The van der Waals surface area contributed by atoms with Crippen LogP contribution >= 0.6 is 15.9 Å². The fourth-order valence-corrected chi connectivity index (χ4v) is 3.05. The summed E-state index contributed by atoms with van der Waals surface area (Å²) in [5.41, 5.74) is 2.86. The van der Waals surface area contributed by atoms with Gasteiger partial charge in [0.15, 0.2) is 0 Å². The number of aryl methyl sites for hydroxylation is 1. The van der Waals surface area contributed by atoms with Crippen LogP contribution in [0.5, 0.6) is 0 Å². The first-order valence-electron chi connectivity index (χ1n) is 5.43. The highest BCUT2D eigenvalue weighted by Gasteiger charge is 2.22. The van der Waals surface area contributed by atoms with Crippen LogP contribution in [0.3, 0.4) is 0 Å². The summed E-state index contributed by atoms with van der Waals surface area (Å²) in [5.74, 6) is 0.905. The average Bonchev–Trinajstić information content (AvgIpc) is 2.56. The van der Waals surface area contributed by atoms with E-state index in [0.29, 0.717) is 0 Å². The predicted molar refractivity (Wildman–Crippen MR) is 64.9 cm³/mol. The maximum absolute atomic E-state index is 3.70. The monoisotopic (exact) mass is 252 g/mol. The Labute approximate surface area is 94.8 Å². The number of hydrogen-bond donors (Lipinski definition) is 0. The third-order valence-corrected chi connectivity index (χ3v) is 3.95. The molecule has 2 atom stereocenters. The SMILES string of the molecule is Cc1ccc(CC2CCC(Br)C2)cc1. The van der Waals surface area contributed by atoms with E-state index in [1.54, 1.807) is 0 Å². The normalized spacial score (nSPS) is 26.7. The van der Waals surface area contributed by atoms with Crippen LogP contribution < -0.4 is 0 Å². The topological polar surface area (TPSA) is 0 Å². The zero-order valence-electron chi connectivity index (χ0n) is 8.67. The fraction of sp³-hybridized carbons (Fsp3) is 0.538. The second kappa shape index (κ2) is 4.48. The van der Waals surface area contributed by atoms with Crippen molar-refractivity contribution in [1.82, 2.24) is 0 Å². The van der Waals surface area contributed by atoms with Gasteiger partial charge in [-0.25, -0.2) is 0 Å². The summed E-state index contributed by atoms with van der Waals surface area (Å²) in [6.45, 7) is 2.15. The lowest BCUT2D eigenvalue weighted by Gasteiger charge is -2.09. The van der Waals surface area contributed by atoms with Crippen LogP contribution in [0, 0.1) is 12.8 Å². The third kappa shape index (κ3) is 2.60. The summed E-state index contributed by atoms with van der Waals surface area (Å²) in [5, 5.41) is 0. The van der Waals surface area contributed by atoms with Crippen LogP contribution in [0.25, 0.3) is 0 Å². The molecule has 0 saturated heterocycles. The number of halogens is 1. The van der Waals surface area contributed by atoms with Crippen LogP contribution in [-0.2, 0) is 6.42 Å². The van der Waals surface area contributed by atoms with Crippen LogP contribution in [0.2, 0.25) is 0 Å². The molecule has 1 fully saturated rings. The van der Waals surface area contributed by atoms with Crippen molar-refractivity contribution in [3.63, 3.8) is 0 Å². The molecule has 0 spiro atoms. The number of benzene rings is 1. The van der Waals surface area contributed by atoms with Gasteiger partial charge in [-0.3, -0.25) is 0 Å². The summed E-state index contributed by atoms with van der Waals surface area (Å²) in [7, 11) is 0. The molecule has 0 nitrogen and oxygen atoms in total. The van der Waals surface area contributed by atoms with Crippen molar-refractivity contribution >= 4 is 15.9 Å². The Morgan fingerprint density at radius 1 is 1.21 bits per heavy atom. The summed E-state index contributed by atoms with van der Waals surface area (Å²) >= 11 is 3.70. The van der Waals surface area contributed by atoms with E-state index < -0.39 is 0 Å². The van der Waals surface area contributed by atoms with Crippen LogP contribution in [0.1, 0.15) is 30.4 Å². The van der Waals surface area contributed by atoms with E-state index in [4.69, 9.17) is 0 Å². The van der Waals surface area contributed by atoms with Gasteiger partial charge in [-0.15, -0.1) is 0 Å². The molecule has 1 heteroatoms. The van der Waals surface area contributed by atoms with E-state index >= 15 is 0 Å². The molecule has 2 rings (SSSR count). The molecule has 0 N–H and O–H groups in total. The number of alkyl halides is 1. The summed E-state index contributed by atoms with van der Waals surface area (Å²) < 4.78 is 0. The molecule has 0 bridgehead atoms. The second-order valence-electron chi connectivity index (χ2n) is 4.47. The minimum Gasteiger partial charge on any atom is -0.0891 e. The molecule has 0 radical (unpaired) electrons. The average molecular weight is 253 g/mol. The van der Waals surface area contributed by atoms with Crippen molar-refractivity contribution in [3.05, 3.63) is 35.4 Å².